The van der Waals surface area contributed by atoms with Gasteiger partial charge >= 0.3 is 0 Å². The molecule has 2 N–H and O–H groups in total. The number of morpholine rings is 1. The van der Waals surface area contributed by atoms with E-state index in [4.69, 9.17) is 10.5 Å². The third-order valence-electron chi connectivity index (χ3n) is 4.16. The van der Waals surface area contributed by atoms with Crippen LogP contribution in [0.5, 0.6) is 0 Å². The van der Waals surface area contributed by atoms with Crippen molar-refractivity contribution in [1.82, 2.24) is 9.78 Å². The van der Waals surface area contributed by atoms with Crippen LogP contribution < -0.4 is 16.2 Å². The van der Waals surface area contributed by atoms with Crippen LogP contribution in [0.4, 0.5) is 5.69 Å². The fraction of sp³-hybridized carbons (Fsp3) is 0.444. The number of nitrogens with zero attached hydrogens (tertiary/aromatic N) is 3. The summed E-state index contributed by atoms with van der Waals surface area (Å²) in [6, 6.07) is 11.8. The van der Waals surface area contributed by atoms with Crippen LogP contribution in [0.15, 0.2) is 52.3 Å². The van der Waals surface area contributed by atoms with Crippen molar-refractivity contribution in [3.05, 3.63) is 52.9 Å². The van der Waals surface area contributed by atoms with Gasteiger partial charge in [0.05, 0.1) is 31.1 Å². The highest BCUT2D eigenvalue weighted by Crippen LogP contribution is 2.18. The molecule has 1 unspecified atom stereocenters. The molecule has 8 heteroatoms. The molecule has 26 heavy (non-hydrogen) atoms. The molecule has 1 fully saturated rings. The highest BCUT2D eigenvalue weighted by Gasteiger charge is 2.20. The smallest absolute Gasteiger partial charge is 0.268 e. The van der Waals surface area contributed by atoms with E-state index in [2.05, 4.69) is 22.1 Å². The van der Waals surface area contributed by atoms with Gasteiger partial charge in [0.15, 0.2) is 0 Å². The lowest BCUT2D eigenvalue weighted by Gasteiger charge is -2.34. The van der Waals surface area contributed by atoms with Gasteiger partial charge < -0.3 is 15.4 Å². The summed E-state index contributed by atoms with van der Waals surface area (Å²) >= 11 is 1.72. The fourth-order valence-electron chi connectivity index (χ4n) is 2.85. The van der Waals surface area contributed by atoms with Crippen molar-refractivity contribution in [2.75, 3.05) is 36.9 Å². The van der Waals surface area contributed by atoms with Gasteiger partial charge in [-0.15, -0.1) is 24.2 Å². The minimum absolute atomic E-state index is 0. The van der Waals surface area contributed by atoms with Crippen LogP contribution in [0, 0.1) is 0 Å². The van der Waals surface area contributed by atoms with Crippen LogP contribution in [-0.4, -0.2) is 47.9 Å². The number of thioether (sulfide) groups is 1. The lowest BCUT2D eigenvalue weighted by molar-refractivity contribution is 0.0368. The Morgan fingerprint density at radius 3 is 2.85 bits per heavy atom. The molecule has 1 aliphatic heterocycles. The Morgan fingerprint density at radius 2 is 2.12 bits per heavy atom. The Hall–Kier alpha value is -1.54. The van der Waals surface area contributed by atoms with Crippen molar-refractivity contribution < 1.29 is 4.74 Å². The second-order valence-corrected chi connectivity index (χ2v) is 7.12. The van der Waals surface area contributed by atoms with Crippen LogP contribution in [0.1, 0.15) is 6.42 Å². The van der Waals surface area contributed by atoms with Crippen molar-refractivity contribution in [2.45, 2.75) is 24.0 Å². The summed E-state index contributed by atoms with van der Waals surface area (Å²) in [7, 11) is 0. The summed E-state index contributed by atoms with van der Waals surface area (Å²) in [5.41, 5.74) is 6.41. The number of aryl methyl sites for hydroxylation is 1. The number of aromatic nitrogens is 2. The van der Waals surface area contributed by atoms with Gasteiger partial charge in [0.2, 0.25) is 0 Å². The molecule has 1 aliphatic rings. The average molecular weight is 397 g/mol. The number of anilines is 1. The molecular weight excluding hydrogens is 372 g/mol. The monoisotopic (exact) mass is 396 g/mol. The van der Waals surface area contributed by atoms with Gasteiger partial charge in [0, 0.05) is 29.8 Å². The zero-order valence-electron chi connectivity index (χ0n) is 14.6. The van der Waals surface area contributed by atoms with E-state index >= 15 is 0 Å². The summed E-state index contributed by atoms with van der Waals surface area (Å²) in [6.07, 6.45) is 2.74. The van der Waals surface area contributed by atoms with Crippen molar-refractivity contribution >= 4 is 29.9 Å². The van der Waals surface area contributed by atoms with E-state index < -0.39 is 0 Å². The van der Waals surface area contributed by atoms with Gasteiger partial charge in [-0.2, -0.15) is 5.10 Å². The van der Waals surface area contributed by atoms with Crippen LogP contribution in [0.3, 0.4) is 0 Å². The maximum absolute atomic E-state index is 12.3. The van der Waals surface area contributed by atoms with Crippen molar-refractivity contribution in [1.29, 1.82) is 0 Å². The molecule has 1 atom stereocenters. The molecule has 0 saturated carbocycles. The van der Waals surface area contributed by atoms with Gasteiger partial charge in [0.1, 0.15) is 0 Å². The predicted octanol–water partition coefficient (Wildman–Crippen LogP) is 2.01. The third-order valence-corrected chi connectivity index (χ3v) is 5.15. The highest BCUT2D eigenvalue weighted by molar-refractivity contribution is 7.99. The van der Waals surface area contributed by atoms with Crippen LogP contribution in [-0.2, 0) is 11.3 Å². The first-order valence-electron chi connectivity index (χ1n) is 8.58. The summed E-state index contributed by atoms with van der Waals surface area (Å²) in [5.74, 6) is 0.812. The minimum Gasteiger partial charge on any atom is -0.374 e. The first-order valence-corrected chi connectivity index (χ1v) is 9.56. The molecule has 1 aromatic carbocycles. The summed E-state index contributed by atoms with van der Waals surface area (Å²) in [5, 5.41) is 4.34. The first kappa shape index (κ1) is 20.8. The second kappa shape index (κ2) is 10.6. The maximum atomic E-state index is 12.3. The summed E-state index contributed by atoms with van der Waals surface area (Å²) in [6.45, 7) is 3.39. The summed E-state index contributed by atoms with van der Waals surface area (Å²) < 4.78 is 7.22. The van der Waals surface area contributed by atoms with Crippen LogP contribution >= 0.6 is 24.2 Å². The van der Waals surface area contributed by atoms with Crippen LogP contribution in [0.25, 0.3) is 0 Å². The average Bonchev–Trinajstić information content (AvgIpc) is 2.64. The molecule has 1 aromatic heterocycles. The van der Waals surface area contributed by atoms with E-state index in [0.29, 0.717) is 19.7 Å². The van der Waals surface area contributed by atoms with E-state index in [1.54, 1.807) is 24.0 Å². The first-order chi connectivity index (χ1) is 12.3. The third kappa shape index (κ3) is 5.74. The number of rotatable bonds is 7. The SMILES string of the molecule is Cl.NCCC1CN(c2cnn(CCSc3ccccc3)c(=O)c2)CCO1. The minimum atomic E-state index is -0.0620. The molecule has 0 aliphatic carbocycles. The van der Waals surface area contributed by atoms with Gasteiger partial charge in [-0.25, -0.2) is 4.68 Å². The second-order valence-electron chi connectivity index (χ2n) is 5.95. The van der Waals surface area contributed by atoms with E-state index in [1.165, 1.54) is 9.58 Å². The number of ether oxygens (including phenoxy) is 1. The Kier molecular flexibility index (Phi) is 8.44. The number of benzene rings is 1. The number of halogens is 1. The molecule has 2 aromatic rings. The number of hydrogen-bond donors (Lipinski definition) is 1. The van der Waals surface area contributed by atoms with E-state index in [9.17, 15) is 4.79 Å². The molecule has 142 valence electrons. The molecule has 1 saturated heterocycles. The molecule has 0 spiro atoms. The molecule has 0 amide bonds. The normalized spacial score (nSPS) is 17.0. The lowest BCUT2D eigenvalue weighted by atomic mass is 10.2. The molecular formula is C18H25ClN4O2S. The Morgan fingerprint density at radius 1 is 1.31 bits per heavy atom. The molecule has 0 radical (unpaired) electrons. The van der Waals surface area contributed by atoms with Crippen molar-refractivity contribution in [2.24, 2.45) is 5.73 Å². The maximum Gasteiger partial charge on any atom is 0.268 e. The quantitative estimate of drug-likeness (QED) is 0.722. The topological polar surface area (TPSA) is 73.4 Å². The largest absolute Gasteiger partial charge is 0.374 e. The Labute approximate surface area is 164 Å². The molecule has 2 heterocycles. The predicted molar refractivity (Wildman–Crippen MR) is 109 cm³/mol. The summed E-state index contributed by atoms with van der Waals surface area (Å²) in [4.78, 5) is 15.7. The lowest BCUT2D eigenvalue weighted by Crippen LogP contribution is -2.43. The van der Waals surface area contributed by atoms with Crippen LogP contribution in [0.2, 0.25) is 0 Å². The van der Waals surface area contributed by atoms with Gasteiger partial charge in [-0.05, 0) is 25.1 Å². The molecule has 3 rings (SSSR count). The highest BCUT2D eigenvalue weighted by atomic mass is 35.5. The number of hydrogen-bond acceptors (Lipinski definition) is 6. The standard InChI is InChI=1S/C18H24N4O2S.ClH/c19-7-6-16-14-21(8-10-24-16)15-12-18(23)22(20-13-15)9-11-25-17-4-2-1-3-5-17;/h1-5,12-13,16H,6-11,14,19H2;1H. The van der Waals surface area contributed by atoms with Gasteiger partial charge in [-0.3, -0.25) is 4.79 Å². The van der Waals surface area contributed by atoms with E-state index in [1.807, 2.05) is 18.2 Å². The van der Waals surface area contributed by atoms with E-state index in [-0.39, 0.29) is 24.1 Å². The van der Waals surface area contributed by atoms with Crippen molar-refractivity contribution in [3.63, 3.8) is 0 Å². The molecule has 0 bridgehead atoms. The fourth-order valence-corrected chi connectivity index (χ4v) is 3.70. The Bertz CT molecular complexity index is 727. The van der Waals surface area contributed by atoms with Gasteiger partial charge in [0.25, 0.3) is 5.56 Å². The Balaban J connectivity index is 0.00000243. The van der Waals surface area contributed by atoms with Crippen molar-refractivity contribution in [3.8, 4) is 0 Å². The number of nitrogens with two attached hydrogens (primary N) is 1. The van der Waals surface area contributed by atoms with E-state index in [0.717, 1.165) is 31.0 Å². The molecule has 6 nitrogen and oxygen atoms in total. The zero-order valence-corrected chi connectivity index (χ0v) is 16.3. The zero-order chi connectivity index (χ0) is 17.5. The van der Waals surface area contributed by atoms with Gasteiger partial charge in [-0.1, -0.05) is 18.2 Å².